The number of carbonyl (C=O) groups excluding carboxylic acids is 1. The van der Waals surface area contributed by atoms with Crippen molar-refractivity contribution >= 4 is 28.6 Å². The third kappa shape index (κ3) is 4.47. The Morgan fingerprint density at radius 2 is 2.00 bits per heavy atom. The molecule has 0 bridgehead atoms. The van der Waals surface area contributed by atoms with Crippen molar-refractivity contribution in [2.24, 2.45) is 0 Å². The Bertz CT molecular complexity index is 1120. The van der Waals surface area contributed by atoms with Gasteiger partial charge in [-0.05, 0) is 30.7 Å². The van der Waals surface area contributed by atoms with E-state index in [1.807, 2.05) is 30.5 Å². The second-order valence-corrected chi connectivity index (χ2v) is 6.84. The molecular weight excluding hydrogens is 378 g/mol. The highest BCUT2D eigenvalue weighted by molar-refractivity contribution is 6.11. The molecule has 1 amide bonds. The zero-order chi connectivity index (χ0) is 21.5. The number of methoxy groups -OCH3 is 2. The zero-order valence-corrected chi connectivity index (χ0v) is 17.4. The minimum Gasteiger partial charge on any atom is -0.497 e. The molecular formula is C24H25N3O3. The number of ether oxygens (including phenoxy) is 2. The molecule has 0 fully saturated rings. The fourth-order valence-electron chi connectivity index (χ4n) is 3.30. The zero-order valence-electron chi connectivity index (χ0n) is 17.4. The summed E-state index contributed by atoms with van der Waals surface area (Å²) in [7, 11) is 3.07. The van der Waals surface area contributed by atoms with Gasteiger partial charge in [-0.1, -0.05) is 31.5 Å². The summed E-state index contributed by atoms with van der Waals surface area (Å²) in [4.78, 5) is 12.8. The lowest BCUT2D eigenvalue weighted by molar-refractivity contribution is -0.112. The van der Waals surface area contributed by atoms with Crippen LogP contribution in [0.4, 0.5) is 5.69 Å². The Kier molecular flexibility index (Phi) is 6.76. The van der Waals surface area contributed by atoms with E-state index in [0.717, 1.165) is 35.9 Å². The number of aromatic nitrogens is 1. The van der Waals surface area contributed by atoms with Crippen LogP contribution in [-0.2, 0) is 11.3 Å². The molecule has 3 aromatic rings. The molecule has 0 atom stereocenters. The monoisotopic (exact) mass is 403 g/mol. The number of carbonyl (C=O) groups is 1. The van der Waals surface area contributed by atoms with Gasteiger partial charge in [-0.25, -0.2) is 0 Å². The van der Waals surface area contributed by atoms with Crippen LogP contribution in [0.5, 0.6) is 11.5 Å². The topological polar surface area (TPSA) is 76.3 Å². The molecule has 0 spiro atoms. The number of anilines is 1. The van der Waals surface area contributed by atoms with Crippen LogP contribution in [-0.4, -0.2) is 24.7 Å². The summed E-state index contributed by atoms with van der Waals surface area (Å²) in [5.41, 5.74) is 2.42. The van der Waals surface area contributed by atoms with Gasteiger partial charge in [0.05, 0.1) is 19.9 Å². The average molecular weight is 403 g/mol. The first kappa shape index (κ1) is 21.0. The lowest BCUT2D eigenvalue weighted by Gasteiger charge is -2.11. The highest BCUT2D eigenvalue weighted by Gasteiger charge is 2.15. The minimum absolute atomic E-state index is 0.0197. The van der Waals surface area contributed by atoms with Crippen molar-refractivity contribution in [1.29, 1.82) is 5.26 Å². The van der Waals surface area contributed by atoms with E-state index < -0.39 is 5.91 Å². The van der Waals surface area contributed by atoms with Crippen molar-refractivity contribution in [2.45, 2.75) is 26.3 Å². The van der Waals surface area contributed by atoms with Crippen LogP contribution in [0.15, 0.2) is 54.2 Å². The molecule has 1 aromatic heterocycles. The van der Waals surface area contributed by atoms with Gasteiger partial charge in [0.15, 0.2) is 0 Å². The van der Waals surface area contributed by atoms with Crippen molar-refractivity contribution < 1.29 is 14.3 Å². The van der Waals surface area contributed by atoms with Crippen molar-refractivity contribution in [3.05, 3.63) is 59.8 Å². The predicted molar refractivity (Wildman–Crippen MR) is 119 cm³/mol. The Balaban J connectivity index is 1.93. The number of fused-ring (bicyclic) bond motifs is 1. The molecule has 0 aliphatic heterocycles. The number of rotatable bonds is 8. The van der Waals surface area contributed by atoms with Gasteiger partial charge in [-0.15, -0.1) is 0 Å². The van der Waals surface area contributed by atoms with Crippen molar-refractivity contribution in [3.63, 3.8) is 0 Å². The van der Waals surface area contributed by atoms with E-state index in [4.69, 9.17) is 9.47 Å². The smallest absolute Gasteiger partial charge is 0.266 e. The van der Waals surface area contributed by atoms with E-state index in [2.05, 4.69) is 22.9 Å². The Morgan fingerprint density at radius 1 is 1.20 bits per heavy atom. The van der Waals surface area contributed by atoms with Gasteiger partial charge in [-0.2, -0.15) is 5.26 Å². The largest absolute Gasteiger partial charge is 0.497 e. The molecule has 2 aromatic carbocycles. The van der Waals surface area contributed by atoms with Crippen LogP contribution in [0.25, 0.3) is 17.0 Å². The number of nitrogens with zero attached hydrogens (tertiary/aromatic N) is 2. The molecule has 0 saturated heterocycles. The van der Waals surface area contributed by atoms with Gasteiger partial charge in [0.2, 0.25) is 0 Å². The second kappa shape index (κ2) is 9.66. The van der Waals surface area contributed by atoms with Crippen molar-refractivity contribution in [2.75, 3.05) is 19.5 Å². The Morgan fingerprint density at radius 3 is 2.70 bits per heavy atom. The Labute approximate surface area is 176 Å². The third-order valence-corrected chi connectivity index (χ3v) is 4.89. The number of hydrogen-bond acceptors (Lipinski definition) is 4. The normalized spacial score (nSPS) is 11.2. The van der Waals surface area contributed by atoms with Crippen LogP contribution < -0.4 is 14.8 Å². The number of para-hydroxylation sites is 1. The molecule has 30 heavy (non-hydrogen) atoms. The van der Waals surface area contributed by atoms with E-state index in [9.17, 15) is 10.1 Å². The van der Waals surface area contributed by atoms with Gasteiger partial charge in [-0.3, -0.25) is 4.79 Å². The van der Waals surface area contributed by atoms with Gasteiger partial charge in [0.1, 0.15) is 23.1 Å². The first-order chi connectivity index (χ1) is 14.6. The summed E-state index contributed by atoms with van der Waals surface area (Å²) in [5, 5.41) is 13.4. The molecule has 6 nitrogen and oxygen atoms in total. The van der Waals surface area contributed by atoms with Gasteiger partial charge in [0, 0.05) is 35.3 Å². The summed E-state index contributed by atoms with van der Waals surface area (Å²) < 4.78 is 12.7. The van der Waals surface area contributed by atoms with Gasteiger partial charge >= 0.3 is 0 Å². The second-order valence-electron chi connectivity index (χ2n) is 6.84. The van der Waals surface area contributed by atoms with Crippen molar-refractivity contribution in [3.8, 4) is 17.6 Å². The number of unbranched alkanes of at least 4 members (excludes halogenated alkanes) is 1. The van der Waals surface area contributed by atoms with E-state index in [0.29, 0.717) is 17.2 Å². The maximum atomic E-state index is 12.8. The minimum atomic E-state index is -0.494. The molecule has 6 heteroatoms. The fraction of sp³-hybridized carbons (Fsp3) is 0.250. The summed E-state index contributed by atoms with van der Waals surface area (Å²) in [6.45, 7) is 3.04. The van der Waals surface area contributed by atoms with Crippen LogP contribution in [0.1, 0.15) is 25.3 Å². The summed E-state index contributed by atoms with van der Waals surface area (Å²) in [6.07, 6.45) is 5.78. The number of nitrogens with one attached hydrogen (secondary N) is 1. The molecule has 154 valence electrons. The first-order valence-electron chi connectivity index (χ1n) is 9.84. The summed E-state index contributed by atoms with van der Waals surface area (Å²) >= 11 is 0. The standard InChI is InChI=1S/C24H25N3O3/c1-4-5-12-27-16-18(20-8-6-7-9-22(20)27)13-17(15-25)24(28)26-21-11-10-19(29-2)14-23(21)30-3/h6-11,13-14,16H,4-5,12H2,1-3H3,(H,26,28)/b17-13+. The molecule has 3 rings (SSSR count). The predicted octanol–water partition coefficient (Wildman–Crippen LogP) is 5.00. The lowest BCUT2D eigenvalue weighted by Crippen LogP contribution is -2.14. The molecule has 1 N–H and O–H groups in total. The summed E-state index contributed by atoms with van der Waals surface area (Å²) in [5.74, 6) is 0.573. The summed E-state index contributed by atoms with van der Waals surface area (Å²) in [6, 6.07) is 15.1. The quantitative estimate of drug-likeness (QED) is 0.424. The molecule has 0 unspecified atom stereocenters. The van der Waals surface area contributed by atoms with E-state index in [1.54, 1.807) is 31.4 Å². The number of amides is 1. The maximum Gasteiger partial charge on any atom is 0.266 e. The average Bonchev–Trinajstić information content (AvgIpc) is 3.13. The van der Waals surface area contributed by atoms with Gasteiger partial charge in [0.25, 0.3) is 5.91 Å². The van der Waals surface area contributed by atoms with E-state index >= 15 is 0 Å². The van der Waals surface area contributed by atoms with Crippen LogP contribution >= 0.6 is 0 Å². The van der Waals surface area contributed by atoms with E-state index in [1.165, 1.54) is 7.11 Å². The van der Waals surface area contributed by atoms with E-state index in [-0.39, 0.29) is 5.57 Å². The molecule has 0 aliphatic rings. The number of aryl methyl sites for hydroxylation is 1. The third-order valence-electron chi connectivity index (χ3n) is 4.89. The SMILES string of the molecule is CCCCn1cc(/C=C(\C#N)C(=O)Nc2ccc(OC)cc2OC)c2ccccc21. The molecule has 0 radical (unpaired) electrons. The number of nitriles is 1. The van der Waals surface area contributed by atoms with Crippen LogP contribution in [0.2, 0.25) is 0 Å². The fourth-order valence-corrected chi connectivity index (χ4v) is 3.30. The van der Waals surface area contributed by atoms with Crippen LogP contribution in [0, 0.1) is 11.3 Å². The number of benzene rings is 2. The van der Waals surface area contributed by atoms with Crippen LogP contribution in [0.3, 0.4) is 0 Å². The Hall–Kier alpha value is -3.72. The van der Waals surface area contributed by atoms with Crippen molar-refractivity contribution in [1.82, 2.24) is 4.57 Å². The molecule has 0 aliphatic carbocycles. The molecule has 0 saturated carbocycles. The van der Waals surface area contributed by atoms with Gasteiger partial charge < -0.3 is 19.4 Å². The maximum absolute atomic E-state index is 12.8. The number of hydrogen-bond donors (Lipinski definition) is 1. The highest BCUT2D eigenvalue weighted by Crippen LogP contribution is 2.30. The highest BCUT2D eigenvalue weighted by atomic mass is 16.5. The lowest BCUT2D eigenvalue weighted by atomic mass is 10.1. The molecule has 1 heterocycles. The first-order valence-corrected chi connectivity index (χ1v) is 9.84.